The lowest BCUT2D eigenvalue weighted by Gasteiger charge is -2.44. The molecule has 2 bridgehead atoms. The van der Waals surface area contributed by atoms with E-state index >= 15 is 0 Å². The van der Waals surface area contributed by atoms with Crippen molar-refractivity contribution in [1.29, 1.82) is 0 Å². The second-order valence-electron chi connectivity index (χ2n) is 25.2. The predicted octanol–water partition coefficient (Wildman–Crippen LogP) is 9.97. The van der Waals surface area contributed by atoms with Crippen LogP contribution in [-0.4, -0.2) is 157 Å². The summed E-state index contributed by atoms with van der Waals surface area (Å²) in [5.74, 6) is 0.425. The fraction of sp³-hybridized carbons (Fsp3) is 0.500. The van der Waals surface area contributed by atoms with Gasteiger partial charge in [0.1, 0.15) is 35.7 Å². The van der Waals surface area contributed by atoms with Gasteiger partial charge in [0.2, 0.25) is 11.8 Å². The van der Waals surface area contributed by atoms with Gasteiger partial charge >= 0.3 is 12.1 Å². The largest absolute Gasteiger partial charge is 0.508 e. The fourth-order valence-corrected chi connectivity index (χ4v) is 14.5. The van der Waals surface area contributed by atoms with Gasteiger partial charge in [-0.1, -0.05) is 68.4 Å². The number of phenolic OH excluding ortho intramolecular Hbond substituents is 1. The molecule has 3 amide bonds. The number of carbonyl (C=O) groups is 3. The number of aliphatic hydroxyl groups is 1. The Morgan fingerprint density at radius 2 is 1.71 bits per heavy atom. The molecule has 0 saturated carbocycles. The van der Waals surface area contributed by atoms with Gasteiger partial charge in [0.25, 0.3) is 0 Å². The molecule has 3 N–H and O–H groups in total. The minimum absolute atomic E-state index is 0.00753. The number of rotatable bonds is 14. The summed E-state index contributed by atoms with van der Waals surface area (Å²) in [6.45, 7) is 19.5. The Bertz CT molecular complexity index is 3610. The van der Waals surface area contributed by atoms with E-state index in [1.165, 1.54) is 4.90 Å². The van der Waals surface area contributed by atoms with Crippen LogP contribution < -0.4 is 19.9 Å². The minimum Gasteiger partial charge on any atom is -0.508 e. The SMILES string of the molecule is Cc1ncsc1-c1ccc([C@H](C)NC(=O)[C@@H]2C[C@@H](O)CN2C(=O)[C@@H](c2cc(N(C)C3CCN(CCOc4nc(N5CC6CCCC5CN6C(=O)OC(C)(C)C)c5cnc6c(c5n4)C(C)c4cccc5cc(O)cc-6c45)CC3)no2)C(C)C)cc1. The molecule has 20 heteroatoms. The van der Waals surface area contributed by atoms with E-state index in [0.717, 1.165) is 117 Å². The van der Waals surface area contributed by atoms with Crippen molar-refractivity contribution in [3.63, 3.8) is 0 Å². The van der Waals surface area contributed by atoms with Gasteiger partial charge in [-0.05, 0) is 112 Å². The number of anilines is 2. The smallest absolute Gasteiger partial charge is 0.410 e. The maximum Gasteiger partial charge on any atom is 0.410 e. The molecule has 3 unspecified atom stereocenters. The monoisotopic (exact) mass is 1160 g/mol. The number of aromatic nitrogens is 5. The lowest BCUT2D eigenvalue weighted by molar-refractivity contribution is -0.141. The molecule has 6 aliphatic rings. The molecule has 442 valence electrons. The lowest BCUT2D eigenvalue weighted by Crippen LogP contribution is -2.59. The summed E-state index contributed by atoms with van der Waals surface area (Å²) in [5.41, 5.74) is 8.72. The number of aryl methyl sites for hydroxylation is 1. The summed E-state index contributed by atoms with van der Waals surface area (Å²) in [4.78, 5) is 73.5. The van der Waals surface area contributed by atoms with Crippen LogP contribution in [0.5, 0.6) is 11.8 Å². The number of aliphatic hydroxyl groups excluding tert-OH is 1. The van der Waals surface area contributed by atoms with Crippen LogP contribution in [0.15, 0.2) is 76.9 Å². The van der Waals surface area contributed by atoms with E-state index in [0.29, 0.717) is 37.8 Å². The van der Waals surface area contributed by atoms with Crippen molar-refractivity contribution in [2.75, 3.05) is 62.7 Å². The van der Waals surface area contributed by atoms with E-state index in [1.807, 2.05) is 115 Å². The first-order chi connectivity index (χ1) is 40.3. The number of phenols is 1. The number of hydrogen-bond donors (Lipinski definition) is 3. The number of β-amino-alcohol motifs (C(OH)–C–C–N with tert-alkyl or cyclic N) is 1. The van der Waals surface area contributed by atoms with Crippen LogP contribution in [0.25, 0.3) is 43.4 Å². The highest BCUT2D eigenvalue weighted by Gasteiger charge is 2.45. The number of benzene rings is 3. The van der Waals surface area contributed by atoms with Crippen LogP contribution in [0.3, 0.4) is 0 Å². The van der Waals surface area contributed by atoms with Crippen molar-refractivity contribution >= 4 is 62.6 Å². The van der Waals surface area contributed by atoms with Crippen molar-refractivity contribution in [2.45, 2.75) is 148 Å². The van der Waals surface area contributed by atoms with Gasteiger partial charge in [-0.25, -0.2) is 9.78 Å². The molecule has 5 fully saturated rings. The van der Waals surface area contributed by atoms with E-state index in [9.17, 15) is 24.6 Å². The van der Waals surface area contributed by atoms with Crippen molar-refractivity contribution in [2.24, 2.45) is 5.92 Å². The van der Waals surface area contributed by atoms with Gasteiger partial charge in [0.15, 0.2) is 11.6 Å². The number of nitrogens with zero attached hydrogens (tertiary/aromatic N) is 10. The normalized spacial score (nSPS) is 21.7. The zero-order valence-corrected chi connectivity index (χ0v) is 50.4. The van der Waals surface area contributed by atoms with Gasteiger partial charge in [-0.15, -0.1) is 11.3 Å². The molecule has 13 rings (SSSR count). The Kier molecular flexibility index (Phi) is 15.5. The van der Waals surface area contributed by atoms with Gasteiger partial charge in [-0.3, -0.25) is 19.5 Å². The molecule has 9 heterocycles. The average molecular weight is 1160 g/mol. The van der Waals surface area contributed by atoms with Crippen LogP contribution in [0, 0.1) is 12.8 Å². The maximum absolute atomic E-state index is 14.6. The number of hydrogen-bond acceptors (Lipinski definition) is 17. The van der Waals surface area contributed by atoms with Gasteiger partial charge in [-0.2, -0.15) is 9.97 Å². The Hall–Kier alpha value is -7.42. The molecule has 0 radical (unpaired) electrons. The molecule has 5 saturated heterocycles. The second-order valence-corrected chi connectivity index (χ2v) is 26.0. The number of likely N-dealkylation sites (tertiary alicyclic amines) is 2. The quantitative estimate of drug-likeness (QED) is 0.0923. The highest BCUT2D eigenvalue weighted by atomic mass is 32.1. The van der Waals surface area contributed by atoms with Crippen LogP contribution >= 0.6 is 11.3 Å². The number of amides is 3. The molecule has 3 aromatic carbocycles. The van der Waals surface area contributed by atoms with Gasteiger partial charge in [0, 0.05) is 94.1 Å². The first-order valence-corrected chi connectivity index (χ1v) is 30.7. The summed E-state index contributed by atoms with van der Waals surface area (Å²) in [5, 5.41) is 32.3. The van der Waals surface area contributed by atoms with Crippen LogP contribution in [0.2, 0.25) is 0 Å². The summed E-state index contributed by atoms with van der Waals surface area (Å²) in [7, 11) is 2.01. The van der Waals surface area contributed by atoms with E-state index in [1.54, 1.807) is 23.5 Å². The van der Waals surface area contributed by atoms with E-state index in [4.69, 9.17) is 28.9 Å². The zero-order valence-electron chi connectivity index (χ0n) is 49.5. The van der Waals surface area contributed by atoms with E-state index in [2.05, 4.69) is 43.1 Å². The highest BCUT2D eigenvalue weighted by molar-refractivity contribution is 7.13. The first-order valence-electron chi connectivity index (χ1n) is 29.8. The Labute approximate surface area is 494 Å². The first kappa shape index (κ1) is 57.0. The van der Waals surface area contributed by atoms with Crippen LogP contribution in [0.4, 0.5) is 16.4 Å². The van der Waals surface area contributed by atoms with Crippen molar-refractivity contribution in [1.82, 2.24) is 45.1 Å². The molecule has 5 aliphatic heterocycles. The summed E-state index contributed by atoms with van der Waals surface area (Å²) in [6, 6.07) is 19.0. The maximum atomic E-state index is 14.6. The number of pyridine rings is 1. The highest BCUT2D eigenvalue weighted by Crippen LogP contribution is 2.49. The Morgan fingerprint density at radius 3 is 2.45 bits per heavy atom. The number of thiazole rings is 1. The lowest BCUT2D eigenvalue weighted by atomic mass is 9.79. The number of fused-ring (bicyclic) bond motifs is 8. The second kappa shape index (κ2) is 22.9. The third-order valence-corrected chi connectivity index (χ3v) is 19.0. The standard InChI is InChI=1S/C64H77N11O8S/c1-35(2)53(61(79)75-33-46(77)28-50(75)60(78)67-37(4)39-16-18-40(19-17-39)58-38(5)66-34-84-58)51-29-52(70-83-51)71(9)42-20-22-72(23-21-42)24-25-81-62-68-57-49(30-65-56-48-27-45(76)26-41-12-10-15-47(55(41)48)36(3)54(56)57)59(69-62)73-31-44-14-11-13-43(73)32-74(44)63(80)82-64(6,7)8/h10,12,15-19,26-27,29-30,34-37,42-44,46,50,53,76-77H,11,13-14,20-25,28,31-33H2,1-9H3,(H,67,78)/t36?,37-,43?,44?,46+,50-,53+/m0/s1. The molecule has 1 aliphatic carbocycles. The van der Waals surface area contributed by atoms with E-state index in [-0.39, 0.29) is 78.6 Å². The molecule has 19 nitrogen and oxygen atoms in total. The Balaban J connectivity index is 0.714. The topological polar surface area (TPSA) is 216 Å². The molecular formula is C64H77N11O8S. The summed E-state index contributed by atoms with van der Waals surface area (Å²) >= 11 is 1.59. The average Bonchev–Trinajstić information content (AvgIpc) is 1.55. The van der Waals surface area contributed by atoms with Crippen molar-refractivity contribution < 1.29 is 38.6 Å². The minimum atomic E-state index is -0.841. The number of carbonyl (C=O) groups excluding carboxylic acids is 3. The number of ether oxygens (including phenoxy) is 2. The molecule has 7 atom stereocenters. The summed E-state index contributed by atoms with van der Waals surface area (Å²) in [6.07, 6.45) is 5.34. The molecule has 0 spiro atoms. The number of piperidine rings is 1. The fourth-order valence-electron chi connectivity index (χ4n) is 13.7. The van der Waals surface area contributed by atoms with Crippen molar-refractivity contribution in [3.05, 3.63) is 101 Å². The number of piperazine rings is 1. The third kappa shape index (κ3) is 11.0. The molecule has 4 aromatic heterocycles. The molecular weight excluding hydrogens is 1080 g/mol. The van der Waals surface area contributed by atoms with Gasteiger partial charge < -0.3 is 49.1 Å². The summed E-state index contributed by atoms with van der Waals surface area (Å²) < 4.78 is 18.5. The van der Waals surface area contributed by atoms with Crippen LogP contribution in [0.1, 0.15) is 133 Å². The zero-order chi connectivity index (χ0) is 58.9. The van der Waals surface area contributed by atoms with Crippen molar-refractivity contribution in [3.8, 4) is 33.5 Å². The van der Waals surface area contributed by atoms with E-state index < -0.39 is 23.7 Å². The van der Waals surface area contributed by atoms with Crippen LogP contribution in [-0.2, 0) is 14.3 Å². The number of nitrogens with one attached hydrogen (secondary N) is 1. The third-order valence-electron chi connectivity index (χ3n) is 18.1. The van der Waals surface area contributed by atoms with Gasteiger partial charge in [0.05, 0.1) is 50.9 Å². The molecule has 84 heavy (non-hydrogen) atoms. The molecule has 7 aromatic rings. The number of aromatic hydroxyl groups is 1. The predicted molar refractivity (Wildman–Crippen MR) is 324 cm³/mol. The Morgan fingerprint density at radius 1 is 0.940 bits per heavy atom.